The van der Waals surface area contributed by atoms with Crippen LogP contribution in [0, 0.1) is 0 Å². The predicted molar refractivity (Wildman–Crippen MR) is 96.3 cm³/mol. The average molecular weight is 336 g/mol. The number of aliphatic hydroxyl groups is 2. The van der Waals surface area contributed by atoms with E-state index >= 15 is 0 Å². The van der Waals surface area contributed by atoms with Gasteiger partial charge >= 0.3 is 0 Å². The average Bonchev–Trinajstić information content (AvgIpc) is 3.02. The van der Waals surface area contributed by atoms with E-state index in [1.807, 2.05) is 18.2 Å². The van der Waals surface area contributed by atoms with Gasteiger partial charge in [-0.25, -0.2) is 0 Å². The van der Waals surface area contributed by atoms with Crippen molar-refractivity contribution in [2.24, 2.45) is 0 Å². The van der Waals surface area contributed by atoms with Gasteiger partial charge in [0.2, 0.25) is 5.56 Å². The van der Waals surface area contributed by atoms with E-state index < -0.39 is 12.3 Å². The number of nitrogens with one attached hydrogen (secondary N) is 2. The zero-order valence-electron chi connectivity index (χ0n) is 13.6. The monoisotopic (exact) mass is 336 g/mol. The lowest BCUT2D eigenvalue weighted by atomic mass is 10.0. The maximum absolute atomic E-state index is 11.6. The van der Waals surface area contributed by atoms with Crippen molar-refractivity contribution >= 4 is 10.9 Å². The predicted octanol–water partition coefficient (Wildman–Crippen LogP) is 1.64. The lowest BCUT2D eigenvalue weighted by molar-refractivity contribution is -0.00894. The summed E-state index contributed by atoms with van der Waals surface area (Å²) in [6, 6.07) is 16.8. The first-order valence-electron chi connectivity index (χ1n) is 8.43. The number of aromatic amines is 1. The van der Waals surface area contributed by atoms with E-state index in [2.05, 4.69) is 22.4 Å². The van der Waals surface area contributed by atoms with Gasteiger partial charge in [-0.1, -0.05) is 42.5 Å². The molecule has 25 heavy (non-hydrogen) atoms. The number of para-hydroxylation sites is 1. The summed E-state index contributed by atoms with van der Waals surface area (Å²) in [6.45, 7) is 0. The molecular formula is C20H20N2O3. The quantitative estimate of drug-likeness (QED) is 0.546. The fourth-order valence-corrected chi connectivity index (χ4v) is 3.63. The van der Waals surface area contributed by atoms with Gasteiger partial charge in [-0.05, 0) is 35.4 Å². The SMILES string of the molecule is O=c1ccc2cccc(C(O)C(O)NC3Cc4ccccc4C3)c2[nH]1. The van der Waals surface area contributed by atoms with Gasteiger partial charge in [0.1, 0.15) is 12.3 Å². The Hall–Kier alpha value is -2.47. The third-order valence-electron chi connectivity index (χ3n) is 4.87. The Kier molecular flexibility index (Phi) is 4.13. The normalized spacial score (nSPS) is 16.7. The second-order valence-corrected chi connectivity index (χ2v) is 6.56. The van der Waals surface area contributed by atoms with Crippen LogP contribution in [0.1, 0.15) is 22.8 Å². The molecule has 128 valence electrons. The minimum Gasteiger partial charge on any atom is -0.384 e. The fourth-order valence-electron chi connectivity index (χ4n) is 3.63. The summed E-state index contributed by atoms with van der Waals surface area (Å²) in [4.78, 5) is 14.4. The molecule has 4 N–H and O–H groups in total. The maximum Gasteiger partial charge on any atom is 0.248 e. The van der Waals surface area contributed by atoms with Gasteiger partial charge in [0.25, 0.3) is 0 Å². The van der Waals surface area contributed by atoms with E-state index in [1.54, 1.807) is 18.2 Å². The Balaban J connectivity index is 1.54. The summed E-state index contributed by atoms with van der Waals surface area (Å²) in [6.07, 6.45) is -0.599. The van der Waals surface area contributed by atoms with Gasteiger partial charge in [-0.3, -0.25) is 10.1 Å². The number of benzene rings is 2. The van der Waals surface area contributed by atoms with Gasteiger partial charge in [-0.2, -0.15) is 0 Å². The molecule has 1 aliphatic carbocycles. The molecule has 4 rings (SSSR count). The molecular weight excluding hydrogens is 316 g/mol. The molecule has 0 saturated carbocycles. The summed E-state index contributed by atoms with van der Waals surface area (Å²) in [7, 11) is 0. The van der Waals surface area contributed by atoms with Crippen LogP contribution in [0.5, 0.6) is 0 Å². The Labute approximate surface area is 145 Å². The van der Waals surface area contributed by atoms with Crippen molar-refractivity contribution in [2.75, 3.05) is 0 Å². The number of H-pyrrole nitrogens is 1. The number of pyridine rings is 1. The zero-order valence-corrected chi connectivity index (χ0v) is 13.6. The van der Waals surface area contributed by atoms with Crippen molar-refractivity contribution in [1.29, 1.82) is 0 Å². The third kappa shape index (κ3) is 3.09. The van der Waals surface area contributed by atoms with Crippen LogP contribution in [0.15, 0.2) is 59.4 Å². The van der Waals surface area contributed by atoms with E-state index in [9.17, 15) is 15.0 Å². The lowest BCUT2D eigenvalue weighted by Gasteiger charge is -2.24. The highest BCUT2D eigenvalue weighted by Crippen LogP contribution is 2.26. The minimum absolute atomic E-state index is 0.0797. The van der Waals surface area contributed by atoms with E-state index in [0.717, 1.165) is 18.2 Å². The molecule has 0 aliphatic heterocycles. The molecule has 1 aliphatic rings. The third-order valence-corrected chi connectivity index (χ3v) is 4.87. The van der Waals surface area contributed by atoms with Gasteiger partial charge in [0.15, 0.2) is 0 Å². The Morgan fingerprint density at radius 3 is 2.40 bits per heavy atom. The number of hydrogen-bond acceptors (Lipinski definition) is 4. The van der Waals surface area contributed by atoms with Crippen LogP contribution >= 0.6 is 0 Å². The second kappa shape index (κ2) is 6.44. The van der Waals surface area contributed by atoms with Gasteiger partial charge in [0.05, 0.1) is 5.52 Å². The molecule has 1 heterocycles. The molecule has 0 saturated heterocycles. The molecule has 2 aromatic carbocycles. The molecule has 5 heteroatoms. The van der Waals surface area contributed by atoms with Crippen LogP contribution in [0.4, 0.5) is 0 Å². The number of fused-ring (bicyclic) bond motifs is 2. The molecule has 2 unspecified atom stereocenters. The number of aromatic nitrogens is 1. The highest BCUT2D eigenvalue weighted by atomic mass is 16.3. The molecule has 0 fully saturated rings. The van der Waals surface area contributed by atoms with E-state index in [-0.39, 0.29) is 11.6 Å². The zero-order chi connectivity index (χ0) is 17.4. The van der Waals surface area contributed by atoms with E-state index in [4.69, 9.17) is 0 Å². The smallest absolute Gasteiger partial charge is 0.248 e. The van der Waals surface area contributed by atoms with Crippen molar-refractivity contribution in [3.05, 3.63) is 81.6 Å². The van der Waals surface area contributed by atoms with E-state index in [1.165, 1.54) is 17.2 Å². The van der Waals surface area contributed by atoms with Crippen LogP contribution < -0.4 is 10.9 Å². The Bertz CT molecular complexity index is 941. The summed E-state index contributed by atoms with van der Waals surface area (Å²) in [5, 5.41) is 25.0. The van der Waals surface area contributed by atoms with Crippen LogP contribution in [0.25, 0.3) is 10.9 Å². The van der Waals surface area contributed by atoms with Crippen molar-refractivity contribution in [1.82, 2.24) is 10.3 Å². The Morgan fingerprint density at radius 2 is 1.68 bits per heavy atom. The molecule has 0 radical (unpaired) electrons. The van der Waals surface area contributed by atoms with Gasteiger partial charge in [0, 0.05) is 17.7 Å². The van der Waals surface area contributed by atoms with Crippen LogP contribution in [-0.4, -0.2) is 27.5 Å². The molecule has 0 amide bonds. The largest absolute Gasteiger partial charge is 0.384 e. The molecule has 3 aromatic rings. The van der Waals surface area contributed by atoms with E-state index in [0.29, 0.717) is 11.1 Å². The minimum atomic E-state index is -1.13. The molecule has 1 aromatic heterocycles. The summed E-state index contributed by atoms with van der Waals surface area (Å²) < 4.78 is 0. The summed E-state index contributed by atoms with van der Waals surface area (Å²) in [5.74, 6) is 0. The fraction of sp³-hybridized carbons (Fsp3) is 0.250. The van der Waals surface area contributed by atoms with Crippen molar-refractivity contribution < 1.29 is 10.2 Å². The first-order chi connectivity index (χ1) is 12.1. The first kappa shape index (κ1) is 16.0. The number of hydrogen-bond donors (Lipinski definition) is 4. The highest BCUT2D eigenvalue weighted by Gasteiger charge is 2.27. The topological polar surface area (TPSA) is 85.3 Å². The number of rotatable bonds is 4. The molecule has 2 atom stereocenters. The van der Waals surface area contributed by atoms with Crippen molar-refractivity contribution in [3.63, 3.8) is 0 Å². The van der Waals surface area contributed by atoms with Crippen LogP contribution in [0.2, 0.25) is 0 Å². The van der Waals surface area contributed by atoms with Crippen molar-refractivity contribution in [2.45, 2.75) is 31.2 Å². The molecule has 5 nitrogen and oxygen atoms in total. The van der Waals surface area contributed by atoms with Crippen LogP contribution in [0.3, 0.4) is 0 Å². The standard InChI is InChI=1S/C20H20N2O3/c23-17-9-8-12-6-3-7-16(18(12)22-17)19(24)20(25)21-15-10-13-4-1-2-5-14(13)11-15/h1-9,15,19-21,24-25H,10-11H2,(H,22,23). The molecule has 0 bridgehead atoms. The Morgan fingerprint density at radius 1 is 0.960 bits per heavy atom. The van der Waals surface area contributed by atoms with Gasteiger partial charge < -0.3 is 15.2 Å². The second-order valence-electron chi connectivity index (χ2n) is 6.56. The van der Waals surface area contributed by atoms with Crippen molar-refractivity contribution in [3.8, 4) is 0 Å². The lowest BCUT2D eigenvalue weighted by Crippen LogP contribution is -2.42. The summed E-state index contributed by atoms with van der Waals surface area (Å²) in [5.41, 5.74) is 3.37. The highest BCUT2D eigenvalue weighted by molar-refractivity contribution is 5.81. The first-order valence-corrected chi connectivity index (χ1v) is 8.43. The summed E-state index contributed by atoms with van der Waals surface area (Å²) >= 11 is 0. The van der Waals surface area contributed by atoms with Crippen LogP contribution in [-0.2, 0) is 12.8 Å². The number of aliphatic hydroxyl groups excluding tert-OH is 2. The maximum atomic E-state index is 11.6. The molecule has 0 spiro atoms. The van der Waals surface area contributed by atoms with Gasteiger partial charge in [-0.15, -0.1) is 0 Å².